The molecule has 0 aromatic heterocycles. The average Bonchev–Trinajstić information content (AvgIpc) is 3.36. The minimum Gasteiger partial charge on any atom is -0.449 e. The molecular weight excluding hydrogens is 544 g/mol. The number of carbonyl (C=O) groups is 3. The molecule has 0 bridgehead atoms. The molecule has 3 aliphatic rings. The summed E-state index contributed by atoms with van der Waals surface area (Å²) in [7, 11) is 0. The number of amides is 2. The van der Waals surface area contributed by atoms with Crippen LogP contribution in [0.3, 0.4) is 0 Å². The first-order valence-electron chi connectivity index (χ1n) is 15.5. The molecule has 1 aliphatic heterocycles. The van der Waals surface area contributed by atoms with Gasteiger partial charge in [0.15, 0.2) is 0 Å². The third-order valence-corrected chi connectivity index (χ3v) is 8.99. The van der Waals surface area contributed by atoms with Crippen LogP contribution in [0.5, 0.6) is 0 Å². The summed E-state index contributed by atoms with van der Waals surface area (Å²) in [5.41, 5.74) is 14.3. The van der Waals surface area contributed by atoms with E-state index in [-0.39, 0.29) is 29.9 Å². The van der Waals surface area contributed by atoms with Crippen molar-refractivity contribution in [1.82, 2.24) is 20.4 Å². The summed E-state index contributed by atoms with van der Waals surface area (Å²) >= 11 is 3.83. The topological polar surface area (TPSA) is 161 Å². The highest BCUT2D eigenvalue weighted by molar-refractivity contribution is 7.77. The Morgan fingerprint density at radius 2 is 1.76 bits per heavy atom. The maximum atomic E-state index is 12.3. The number of fused-ring (bicyclic) bond motifs is 1. The number of Topliss-reactive ketones (excluding diaryl/α,β-unsaturated/α-hetero) is 1. The monoisotopic (exact) mass is 596 g/mol. The highest BCUT2D eigenvalue weighted by Crippen LogP contribution is 2.53. The average molecular weight is 597 g/mol. The second kappa shape index (κ2) is 17.8. The van der Waals surface area contributed by atoms with Crippen LogP contribution in [0.15, 0.2) is 11.4 Å². The number of ether oxygens (including phenoxy) is 1. The number of hydrogen-bond donors (Lipinski definition) is 6. The lowest BCUT2D eigenvalue weighted by molar-refractivity contribution is -0.131. The third-order valence-electron chi connectivity index (χ3n) is 8.88. The highest BCUT2D eigenvalue weighted by Gasteiger charge is 2.50. The van der Waals surface area contributed by atoms with Gasteiger partial charge in [-0.25, -0.2) is 4.79 Å². The molecule has 1 saturated carbocycles. The SMILES string of the molecule is CC(=O)C(N)CCCCCN/C1=C(\N)CCC2C(CC1)C2COC(=O)NCCCCCC(=O)N1CCC(ONS)C1. The van der Waals surface area contributed by atoms with E-state index in [1.54, 1.807) is 6.92 Å². The number of carbonyl (C=O) groups excluding carboxylic acids is 3. The minimum atomic E-state index is -0.356. The molecule has 0 spiro atoms. The molecule has 234 valence electrons. The highest BCUT2D eigenvalue weighted by atomic mass is 32.1. The zero-order valence-electron chi connectivity index (χ0n) is 24.7. The van der Waals surface area contributed by atoms with Crippen molar-refractivity contribution in [2.24, 2.45) is 29.2 Å². The number of thiol groups is 1. The quantitative estimate of drug-likeness (QED) is 0.0794. The van der Waals surface area contributed by atoms with Crippen LogP contribution in [0, 0.1) is 17.8 Å². The van der Waals surface area contributed by atoms with Crippen LogP contribution in [0.1, 0.15) is 90.4 Å². The number of rotatable bonds is 18. The Morgan fingerprint density at radius 1 is 1.02 bits per heavy atom. The molecule has 1 saturated heterocycles. The molecule has 1 heterocycles. The van der Waals surface area contributed by atoms with Gasteiger partial charge in [-0.05, 0) is 82.5 Å². The van der Waals surface area contributed by atoms with Crippen LogP contribution in [0.4, 0.5) is 4.79 Å². The molecule has 5 atom stereocenters. The molecule has 11 nitrogen and oxygen atoms in total. The fourth-order valence-electron chi connectivity index (χ4n) is 6.16. The van der Waals surface area contributed by atoms with Crippen LogP contribution in [-0.4, -0.2) is 67.6 Å². The molecule has 2 aliphatic carbocycles. The number of nitrogens with one attached hydrogen (secondary N) is 3. The zero-order valence-corrected chi connectivity index (χ0v) is 25.6. The molecule has 0 radical (unpaired) electrons. The molecular formula is C29H52N6O5S. The number of nitrogens with two attached hydrogens (primary N) is 2. The van der Waals surface area contributed by atoms with Crippen LogP contribution >= 0.6 is 12.8 Å². The number of unbranched alkanes of at least 4 members (excludes halogenated alkanes) is 4. The van der Waals surface area contributed by atoms with Gasteiger partial charge in [0.1, 0.15) is 5.78 Å². The van der Waals surface area contributed by atoms with Crippen molar-refractivity contribution in [2.45, 2.75) is 103 Å². The molecule has 5 unspecified atom stereocenters. The first-order valence-corrected chi connectivity index (χ1v) is 15.9. The number of hydrogen-bond acceptors (Lipinski definition) is 10. The first-order chi connectivity index (χ1) is 19.8. The van der Waals surface area contributed by atoms with Crippen molar-refractivity contribution in [1.29, 1.82) is 0 Å². The van der Waals surface area contributed by atoms with E-state index < -0.39 is 0 Å². The van der Waals surface area contributed by atoms with Crippen molar-refractivity contribution in [3.8, 4) is 0 Å². The van der Waals surface area contributed by atoms with Gasteiger partial charge in [-0.1, -0.05) is 32.1 Å². The van der Waals surface area contributed by atoms with E-state index in [2.05, 4.69) is 28.3 Å². The smallest absolute Gasteiger partial charge is 0.407 e. The molecule has 0 aromatic carbocycles. The summed E-state index contributed by atoms with van der Waals surface area (Å²) in [6.07, 6.45) is 11.2. The summed E-state index contributed by atoms with van der Waals surface area (Å²) in [4.78, 5) is 45.2. The van der Waals surface area contributed by atoms with Gasteiger partial charge in [-0.3, -0.25) is 14.4 Å². The Kier molecular flexibility index (Phi) is 14.6. The van der Waals surface area contributed by atoms with Gasteiger partial charge >= 0.3 is 6.09 Å². The Labute approximate surface area is 250 Å². The first kappa shape index (κ1) is 33.5. The second-order valence-electron chi connectivity index (χ2n) is 11.9. The minimum absolute atomic E-state index is 0.00139. The lowest BCUT2D eigenvalue weighted by Crippen LogP contribution is -2.30. The van der Waals surface area contributed by atoms with Crippen molar-refractivity contribution in [3.05, 3.63) is 11.4 Å². The van der Waals surface area contributed by atoms with E-state index in [1.807, 2.05) is 4.90 Å². The van der Waals surface area contributed by atoms with Crippen molar-refractivity contribution in [3.63, 3.8) is 0 Å². The van der Waals surface area contributed by atoms with E-state index in [0.29, 0.717) is 43.9 Å². The summed E-state index contributed by atoms with van der Waals surface area (Å²) in [6.45, 7) is 4.77. The van der Waals surface area contributed by atoms with Crippen molar-refractivity contribution in [2.75, 3.05) is 32.8 Å². The Balaban J connectivity index is 1.19. The molecule has 0 aromatic rings. The molecule has 12 heteroatoms. The number of alkyl carbamates (subject to hydrolysis) is 1. The van der Waals surface area contributed by atoms with Gasteiger partial charge in [0.25, 0.3) is 0 Å². The van der Waals surface area contributed by atoms with Gasteiger partial charge in [-0.15, -0.1) is 4.89 Å². The van der Waals surface area contributed by atoms with Gasteiger partial charge < -0.3 is 31.7 Å². The van der Waals surface area contributed by atoms with E-state index in [0.717, 1.165) is 95.8 Å². The fraction of sp³-hybridized carbons (Fsp3) is 0.828. The fourth-order valence-corrected chi connectivity index (χ4v) is 6.31. The summed E-state index contributed by atoms with van der Waals surface area (Å²) in [5.74, 6) is 1.80. The molecule has 2 fully saturated rings. The Hall–Kier alpha value is -2.02. The van der Waals surface area contributed by atoms with E-state index in [4.69, 9.17) is 21.0 Å². The largest absolute Gasteiger partial charge is 0.449 e. The summed E-state index contributed by atoms with van der Waals surface area (Å²) < 4.78 is 5.55. The molecule has 3 rings (SSSR count). The molecule has 41 heavy (non-hydrogen) atoms. The second-order valence-corrected chi connectivity index (χ2v) is 12.0. The third kappa shape index (κ3) is 11.6. The van der Waals surface area contributed by atoms with Crippen molar-refractivity contribution >= 4 is 30.6 Å². The number of allylic oxidation sites excluding steroid dienone is 2. The van der Waals surface area contributed by atoms with Gasteiger partial charge in [0, 0.05) is 44.0 Å². The van der Waals surface area contributed by atoms with Crippen LogP contribution in [0.2, 0.25) is 0 Å². The predicted molar refractivity (Wildman–Crippen MR) is 161 cm³/mol. The van der Waals surface area contributed by atoms with E-state index in [1.165, 1.54) is 5.70 Å². The maximum Gasteiger partial charge on any atom is 0.407 e. The van der Waals surface area contributed by atoms with E-state index in [9.17, 15) is 14.4 Å². The van der Waals surface area contributed by atoms with Crippen LogP contribution < -0.4 is 27.0 Å². The maximum absolute atomic E-state index is 12.3. The summed E-state index contributed by atoms with van der Waals surface area (Å²) in [5, 5.41) is 6.40. The Morgan fingerprint density at radius 3 is 2.51 bits per heavy atom. The normalized spacial score (nSPS) is 26.5. The molecule has 7 N–H and O–H groups in total. The van der Waals surface area contributed by atoms with Crippen LogP contribution in [-0.2, 0) is 19.2 Å². The van der Waals surface area contributed by atoms with Gasteiger partial charge in [-0.2, -0.15) is 0 Å². The number of likely N-dealkylation sites (tertiary alicyclic amines) is 1. The van der Waals surface area contributed by atoms with E-state index >= 15 is 0 Å². The predicted octanol–water partition coefficient (Wildman–Crippen LogP) is 2.91. The lowest BCUT2D eigenvalue weighted by Gasteiger charge is -2.17. The van der Waals surface area contributed by atoms with Gasteiger partial charge in [0.05, 0.1) is 18.8 Å². The van der Waals surface area contributed by atoms with Crippen molar-refractivity contribution < 1.29 is 24.0 Å². The lowest BCUT2D eigenvalue weighted by atomic mass is 10.0. The Bertz CT molecular complexity index is 890. The standard InChI is InChI=1S/C29H52N6O5S/c1-20(36)25(30)8-4-2-6-15-32-27-13-11-23-22(10-12-26(27)31)24(23)19-39-29(38)33-16-7-3-5-9-28(37)35-17-14-21(18-35)40-34-41/h21-25,32,34,41H,2-19,30-31H2,1H3,(H,33,38)/b27-26-. The number of ketones is 1. The molecule has 2 amide bonds. The van der Waals surface area contributed by atoms with Gasteiger partial charge in [0.2, 0.25) is 5.91 Å². The zero-order chi connectivity index (χ0) is 29.6. The van der Waals surface area contributed by atoms with Crippen LogP contribution in [0.25, 0.3) is 0 Å². The summed E-state index contributed by atoms with van der Waals surface area (Å²) in [6, 6.07) is -0.332. The number of nitrogens with zero attached hydrogens (tertiary/aromatic N) is 1.